The number of esters is 1. The number of furan rings is 1. The van der Waals surface area contributed by atoms with Crippen LogP contribution in [-0.2, 0) is 11.3 Å². The summed E-state index contributed by atoms with van der Waals surface area (Å²) in [6.07, 6.45) is 1.69. The van der Waals surface area contributed by atoms with E-state index in [1.165, 1.54) is 7.11 Å². The molecule has 6 heteroatoms. The molecule has 2 aromatic rings. The van der Waals surface area contributed by atoms with Crippen molar-refractivity contribution < 1.29 is 13.9 Å². The Balaban J connectivity index is 2.04. The topological polar surface area (TPSA) is 64.4 Å². The number of carbonyl (C=O) groups is 1. The zero-order chi connectivity index (χ0) is 13.8. The number of hydrogen-bond donors (Lipinski definition) is 1. The fourth-order valence-corrected chi connectivity index (χ4v) is 1.71. The average Bonchev–Trinajstić information content (AvgIpc) is 2.88. The normalized spacial score (nSPS) is 10.3. The molecule has 0 aliphatic heterocycles. The van der Waals surface area contributed by atoms with Gasteiger partial charge in [0, 0.05) is 6.20 Å². The van der Waals surface area contributed by atoms with Crippen molar-refractivity contribution in [3.63, 3.8) is 0 Å². The third-order valence-electron chi connectivity index (χ3n) is 2.48. The zero-order valence-corrected chi connectivity index (χ0v) is 11.3. The molecular formula is C13H13ClN2O3. The van der Waals surface area contributed by atoms with Gasteiger partial charge in [0.2, 0.25) is 5.76 Å². The van der Waals surface area contributed by atoms with Gasteiger partial charge in [-0.1, -0.05) is 11.6 Å². The van der Waals surface area contributed by atoms with Crippen molar-refractivity contribution >= 4 is 23.3 Å². The van der Waals surface area contributed by atoms with Crippen molar-refractivity contribution in [3.05, 3.63) is 46.6 Å². The van der Waals surface area contributed by atoms with E-state index in [4.69, 9.17) is 16.0 Å². The standard InChI is InChI=1S/C13H13ClN2O3/c1-8-5-10(12(14)16-6-8)15-7-9-3-4-11(19-9)13(17)18-2/h3-6,15H,7H2,1-2H3. The summed E-state index contributed by atoms with van der Waals surface area (Å²) in [5, 5.41) is 3.49. The van der Waals surface area contributed by atoms with E-state index in [0.717, 1.165) is 11.3 Å². The highest BCUT2D eigenvalue weighted by Crippen LogP contribution is 2.21. The molecule has 2 rings (SSSR count). The first-order valence-corrected chi connectivity index (χ1v) is 6.01. The molecule has 0 spiro atoms. The Bertz CT molecular complexity index is 595. The highest BCUT2D eigenvalue weighted by Gasteiger charge is 2.11. The third-order valence-corrected chi connectivity index (χ3v) is 2.78. The summed E-state index contributed by atoms with van der Waals surface area (Å²) >= 11 is 5.96. The fourth-order valence-electron chi connectivity index (χ4n) is 1.54. The van der Waals surface area contributed by atoms with Gasteiger partial charge in [0.25, 0.3) is 0 Å². The lowest BCUT2D eigenvalue weighted by Gasteiger charge is -2.06. The number of ether oxygens (including phenoxy) is 1. The number of nitrogens with one attached hydrogen (secondary N) is 1. The van der Waals surface area contributed by atoms with Crippen LogP contribution in [0, 0.1) is 6.92 Å². The molecule has 0 radical (unpaired) electrons. The third kappa shape index (κ3) is 3.26. The lowest BCUT2D eigenvalue weighted by molar-refractivity contribution is 0.0563. The van der Waals surface area contributed by atoms with E-state index in [2.05, 4.69) is 15.0 Å². The molecule has 19 heavy (non-hydrogen) atoms. The molecular weight excluding hydrogens is 268 g/mol. The second kappa shape index (κ2) is 5.75. The summed E-state index contributed by atoms with van der Waals surface area (Å²) in [6.45, 7) is 2.33. The van der Waals surface area contributed by atoms with Crippen molar-refractivity contribution in [2.75, 3.05) is 12.4 Å². The van der Waals surface area contributed by atoms with Crippen molar-refractivity contribution in [3.8, 4) is 0 Å². The monoisotopic (exact) mass is 280 g/mol. The average molecular weight is 281 g/mol. The maximum Gasteiger partial charge on any atom is 0.373 e. The van der Waals surface area contributed by atoms with Crippen LogP contribution in [0.5, 0.6) is 0 Å². The largest absolute Gasteiger partial charge is 0.463 e. The van der Waals surface area contributed by atoms with Crippen molar-refractivity contribution in [1.82, 2.24) is 4.98 Å². The highest BCUT2D eigenvalue weighted by molar-refractivity contribution is 6.31. The Labute approximate surface area is 115 Å². The molecule has 0 atom stereocenters. The number of aryl methyl sites for hydroxylation is 1. The van der Waals surface area contributed by atoms with Gasteiger partial charge in [0.05, 0.1) is 19.3 Å². The number of carbonyl (C=O) groups excluding carboxylic acids is 1. The first-order valence-electron chi connectivity index (χ1n) is 5.63. The molecule has 100 valence electrons. The molecule has 2 heterocycles. The molecule has 0 saturated heterocycles. The smallest absolute Gasteiger partial charge is 0.373 e. The van der Waals surface area contributed by atoms with Crippen LogP contribution >= 0.6 is 11.6 Å². The molecule has 0 fully saturated rings. The van der Waals surface area contributed by atoms with E-state index in [1.807, 2.05) is 13.0 Å². The molecule has 0 aliphatic carbocycles. The summed E-state index contributed by atoms with van der Waals surface area (Å²) < 4.78 is 9.89. The van der Waals surface area contributed by atoms with Gasteiger partial charge >= 0.3 is 5.97 Å². The van der Waals surface area contributed by atoms with Crippen molar-refractivity contribution in [2.45, 2.75) is 13.5 Å². The minimum Gasteiger partial charge on any atom is -0.463 e. The molecule has 1 N–H and O–H groups in total. The van der Waals surface area contributed by atoms with Crippen molar-refractivity contribution in [2.24, 2.45) is 0 Å². The summed E-state index contributed by atoms with van der Waals surface area (Å²) in [4.78, 5) is 15.3. The quantitative estimate of drug-likeness (QED) is 0.689. The van der Waals surface area contributed by atoms with Crippen LogP contribution in [0.15, 0.2) is 28.8 Å². The Morgan fingerprint density at radius 2 is 2.32 bits per heavy atom. The second-order valence-electron chi connectivity index (χ2n) is 3.96. The first kappa shape index (κ1) is 13.4. The number of nitrogens with zero attached hydrogens (tertiary/aromatic N) is 1. The highest BCUT2D eigenvalue weighted by atomic mass is 35.5. The van der Waals surface area contributed by atoms with Gasteiger partial charge in [-0.15, -0.1) is 0 Å². The number of hydrogen-bond acceptors (Lipinski definition) is 5. The second-order valence-corrected chi connectivity index (χ2v) is 4.32. The fraction of sp³-hybridized carbons (Fsp3) is 0.231. The molecule has 0 saturated carbocycles. The van der Waals surface area contributed by atoms with E-state index < -0.39 is 5.97 Å². The summed E-state index contributed by atoms with van der Waals surface area (Å²) in [6, 6.07) is 5.16. The number of anilines is 1. The predicted octanol–water partition coefficient (Wildman–Crippen LogP) is 3.04. The SMILES string of the molecule is COC(=O)c1ccc(CNc2cc(C)cnc2Cl)o1. The van der Waals surface area contributed by atoms with E-state index in [9.17, 15) is 4.79 Å². The van der Waals surface area contributed by atoms with Gasteiger partial charge in [-0.05, 0) is 30.7 Å². The van der Waals surface area contributed by atoms with E-state index >= 15 is 0 Å². The Morgan fingerprint density at radius 1 is 1.53 bits per heavy atom. The summed E-state index contributed by atoms with van der Waals surface area (Å²) in [5.41, 5.74) is 1.72. The molecule has 0 bridgehead atoms. The van der Waals surface area contributed by atoms with Crippen LogP contribution in [0.1, 0.15) is 21.9 Å². The molecule has 0 aromatic carbocycles. The molecule has 5 nitrogen and oxygen atoms in total. The Kier molecular flexibility index (Phi) is 4.06. The van der Waals surface area contributed by atoms with Gasteiger partial charge in [-0.3, -0.25) is 0 Å². The lowest BCUT2D eigenvalue weighted by atomic mass is 10.3. The predicted molar refractivity (Wildman–Crippen MR) is 71.4 cm³/mol. The van der Waals surface area contributed by atoms with Gasteiger partial charge in [-0.25, -0.2) is 9.78 Å². The minimum absolute atomic E-state index is 0.174. The number of methoxy groups -OCH3 is 1. The summed E-state index contributed by atoms with van der Waals surface area (Å²) in [5.74, 6) is 0.284. The van der Waals surface area contributed by atoms with Crippen LogP contribution in [0.25, 0.3) is 0 Å². The van der Waals surface area contributed by atoms with E-state index in [-0.39, 0.29) is 5.76 Å². The number of aromatic nitrogens is 1. The van der Waals surface area contributed by atoms with Crippen LogP contribution in [0.4, 0.5) is 5.69 Å². The van der Waals surface area contributed by atoms with Gasteiger partial charge in [-0.2, -0.15) is 0 Å². The minimum atomic E-state index is -0.499. The van der Waals surface area contributed by atoms with Crippen LogP contribution in [0.3, 0.4) is 0 Å². The Hall–Kier alpha value is -2.01. The number of pyridine rings is 1. The van der Waals surface area contributed by atoms with Gasteiger partial charge in [0.15, 0.2) is 5.15 Å². The molecule has 0 unspecified atom stereocenters. The van der Waals surface area contributed by atoms with Crippen molar-refractivity contribution in [1.29, 1.82) is 0 Å². The maximum absolute atomic E-state index is 11.2. The molecule has 0 aliphatic rings. The Morgan fingerprint density at radius 3 is 3.05 bits per heavy atom. The van der Waals surface area contributed by atoms with Gasteiger partial charge in [0.1, 0.15) is 5.76 Å². The van der Waals surface area contributed by atoms with Crippen LogP contribution < -0.4 is 5.32 Å². The van der Waals surface area contributed by atoms with Crippen LogP contribution in [-0.4, -0.2) is 18.1 Å². The summed E-state index contributed by atoms with van der Waals surface area (Å²) in [7, 11) is 1.31. The number of halogens is 1. The molecule has 0 amide bonds. The molecule has 2 aromatic heterocycles. The number of rotatable bonds is 4. The zero-order valence-electron chi connectivity index (χ0n) is 10.6. The van der Waals surface area contributed by atoms with E-state index in [0.29, 0.717) is 17.5 Å². The lowest BCUT2D eigenvalue weighted by Crippen LogP contribution is -2.01. The van der Waals surface area contributed by atoms with Gasteiger partial charge < -0.3 is 14.5 Å². The van der Waals surface area contributed by atoms with E-state index in [1.54, 1.807) is 18.3 Å². The maximum atomic E-state index is 11.2. The first-order chi connectivity index (χ1) is 9.10. The van der Waals surface area contributed by atoms with Crippen LogP contribution in [0.2, 0.25) is 5.15 Å².